The smallest absolute Gasteiger partial charge is 0.394 e. The number of anilines is 1. The fourth-order valence-electron chi connectivity index (χ4n) is 2.02. The van der Waals surface area contributed by atoms with Gasteiger partial charge < -0.3 is 10.0 Å². The number of carboxylic acid groups (broad SMARTS) is 1. The summed E-state index contributed by atoms with van der Waals surface area (Å²) in [6.07, 6.45) is 2.73. The second-order valence-corrected chi connectivity index (χ2v) is 3.85. The van der Waals surface area contributed by atoms with Gasteiger partial charge in [-0.25, -0.2) is 4.79 Å². The number of para-hydroxylation sites is 1. The molecule has 2 rings (SSSR count). The first-order valence-corrected chi connectivity index (χ1v) is 5.33. The van der Waals surface area contributed by atoms with Gasteiger partial charge in [-0.05, 0) is 30.9 Å². The zero-order valence-corrected chi connectivity index (χ0v) is 8.85. The van der Waals surface area contributed by atoms with Crippen LogP contribution in [-0.4, -0.2) is 23.5 Å². The van der Waals surface area contributed by atoms with Gasteiger partial charge in [0.15, 0.2) is 0 Å². The summed E-state index contributed by atoms with van der Waals surface area (Å²) < 4.78 is 0. The molecule has 0 unspecified atom stereocenters. The van der Waals surface area contributed by atoms with Gasteiger partial charge in [0.25, 0.3) is 0 Å². The number of carbonyl (C=O) groups excluding carboxylic acids is 1. The lowest BCUT2D eigenvalue weighted by Gasteiger charge is -2.20. The molecule has 0 radical (unpaired) electrons. The van der Waals surface area contributed by atoms with Crippen LogP contribution >= 0.6 is 0 Å². The van der Waals surface area contributed by atoms with Gasteiger partial charge in [-0.1, -0.05) is 18.2 Å². The number of fused-ring (bicyclic) bond motifs is 1. The van der Waals surface area contributed by atoms with Gasteiger partial charge in [-0.15, -0.1) is 0 Å². The molecule has 1 aromatic carbocycles. The molecule has 4 nitrogen and oxygen atoms in total. The lowest BCUT2D eigenvalue weighted by Crippen LogP contribution is -2.37. The van der Waals surface area contributed by atoms with E-state index in [1.807, 2.05) is 24.3 Å². The van der Waals surface area contributed by atoms with E-state index in [1.165, 1.54) is 4.90 Å². The van der Waals surface area contributed by atoms with Gasteiger partial charge in [0.05, 0.1) is 0 Å². The van der Waals surface area contributed by atoms with E-state index >= 15 is 0 Å². The first kappa shape index (κ1) is 10.7. The highest BCUT2D eigenvalue weighted by Gasteiger charge is 2.25. The Hall–Kier alpha value is -1.84. The van der Waals surface area contributed by atoms with Gasteiger partial charge in [-0.3, -0.25) is 4.79 Å². The van der Waals surface area contributed by atoms with Gasteiger partial charge in [0.1, 0.15) is 0 Å². The summed E-state index contributed by atoms with van der Waals surface area (Å²) in [7, 11) is 0. The molecule has 0 fully saturated rings. The van der Waals surface area contributed by atoms with E-state index in [1.54, 1.807) is 0 Å². The Balaban J connectivity index is 2.40. The van der Waals surface area contributed by atoms with E-state index in [2.05, 4.69) is 0 Å². The molecule has 1 N–H and O–H groups in total. The van der Waals surface area contributed by atoms with Crippen molar-refractivity contribution in [2.45, 2.75) is 19.3 Å². The van der Waals surface area contributed by atoms with Crippen LogP contribution in [0.3, 0.4) is 0 Å². The van der Waals surface area contributed by atoms with Gasteiger partial charge in [0.2, 0.25) is 0 Å². The molecule has 0 aromatic heterocycles. The van der Waals surface area contributed by atoms with E-state index in [0.29, 0.717) is 6.54 Å². The molecule has 84 valence electrons. The van der Waals surface area contributed by atoms with Gasteiger partial charge >= 0.3 is 11.9 Å². The van der Waals surface area contributed by atoms with Crippen LogP contribution in [0, 0.1) is 0 Å². The van der Waals surface area contributed by atoms with Crippen LogP contribution in [0.5, 0.6) is 0 Å². The maximum absolute atomic E-state index is 11.5. The summed E-state index contributed by atoms with van der Waals surface area (Å²) in [5.74, 6) is -2.23. The molecule has 0 spiro atoms. The fraction of sp³-hybridized carbons (Fsp3) is 0.333. The number of benzene rings is 1. The van der Waals surface area contributed by atoms with E-state index in [-0.39, 0.29) is 0 Å². The van der Waals surface area contributed by atoms with E-state index in [9.17, 15) is 9.59 Å². The van der Waals surface area contributed by atoms with Crippen LogP contribution < -0.4 is 4.90 Å². The number of hydrogen-bond donors (Lipinski definition) is 1. The largest absolute Gasteiger partial charge is 0.474 e. The first-order chi connectivity index (χ1) is 7.70. The Kier molecular flexibility index (Phi) is 2.90. The number of amides is 1. The number of hydrogen-bond acceptors (Lipinski definition) is 2. The van der Waals surface area contributed by atoms with Crippen molar-refractivity contribution in [1.82, 2.24) is 0 Å². The topological polar surface area (TPSA) is 57.6 Å². The molecule has 0 atom stereocenters. The number of aliphatic carboxylic acids is 1. The van der Waals surface area contributed by atoms with Crippen molar-refractivity contribution in [2.24, 2.45) is 0 Å². The molecule has 1 heterocycles. The van der Waals surface area contributed by atoms with Crippen molar-refractivity contribution in [2.75, 3.05) is 11.4 Å². The molecule has 1 aromatic rings. The molecule has 16 heavy (non-hydrogen) atoms. The van der Waals surface area contributed by atoms with Crippen molar-refractivity contribution >= 4 is 17.6 Å². The molecule has 0 saturated carbocycles. The Morgan fingerprint density at radius 2 is 1.94 bits per heavy atom. The van der Waals surface area contributed by atoms with Crippen LogP contribution in [0.2, 0.25) is 0 Å². The minimum atomic E-state index is -1.39. The third-order valence-corrected chi connectivity index (χ3v) is 2.79. The number of carboxylic acids is 1. The Morgan fingerprint density at radius 1 is 1.19 bits per heavy atom. The quantitative estimate of drug-likeness (QED) is 0.672. The minimum absolute atomic E-state index is 0.488. The summed E-state index contributed by atoms with van der Waals surface area (Å²) in [4.78, 5) is 23.6. The van der Waals surface area contributed by atoms with Crippen LogP contribution in [0.1, 0.15) is 18.4 Å². The van der Waals surface area contributed by atoms with Crippen LogP contribution in [0.4, 0.5) is 5.69 Å². The maximum atomic E-state index is 11.5. The van der Waals surface area contributed by atoms with Crippen molar-refractivity contribution in [1.29, 1.82) is 0 Å². The Bertz CT molecular complexity index is 428. The molecule has 0 bridgehead atoms. The van der Waals surface area contributed by atoms with Crippen molar-refractivity contribution in [3.8, 4) is 0 Å². The molecule has 4 heteroatoms. The molecule has 0 saturated heterocycles. The maximum Gasteiger partial charge on any atom is 0.394 e. The first-order valence-electron chi connectivity index (χ1n) is 5.33. The normalized spacial score (nSPS) is 15.1. The summed E-state index contributed by atoms with van der Waals surface area (Å²) in [5, 5.41) is 8.76. The Morgan fingerprint density at radius 3 is 2.69 bits per heavy atom. The van der Waals surface area contributed by atoms with Crippen molar-refractivity contribution in [3.05, 3.63) is 29.8 Å². The van der Waals surface area contributed by atoms with Crippen LogP contribution in [-0.2, 0) is 16.0 Å². The summed E-state index contributed by atoms with van der Waals surface area (Å²) in [6, 6.07) is 7.49. The highest BCUT2D eigenvalue weighted by molar-refractivity contribution is 6.37. The predicted molar refractivity (Wildman–Crippen MR) is 59.4 cm³/mol. The summed E-state index contributed by atoms with van der Waals surface area (Å²) in [6.45, 7) is 0.488. The average molecular weight is 219 g/mol. The van der Waals surface area contributed by atoms with Gasteiger partial charge in [-0.2, -0.15) is 0 Å². The molecular formula is C12H13NO3. The molecule has 0 aliphatic carbocycles. The SMILES string of the molecule is O=C(O)C(=O)N1CCCCc2ccccc21. The zero-order chi connectivity index (χ0) is 11.5. The van der Waals surface area contributed by atoms with Gasteiger partial charge in [0, 0.05) is 12.2 Å². The molecular weight excluding hydrogens is 206 g/mol. The Labute approximate surface area is 93.5 Å². The third kappa shape index (κ3) is 1.91. The summed E-state index contributed by atoms with van der Waals surface area (Å²) in [5.41, 5.74) is 1.79. The average Bonchev–Trinajstić information content (AvgIpc) is 2.50. The second-order valence-electron chi connectivity index (χ2n) is 3.85. The molecule has 1 aliphatic rings. The highest BCUT2D eigenvalue weighted by Crippen LogP contribution is 2.25. The zero-order valence-electron chi connectivity index (χ0n) is 8.85. The molecule has 1 aliphatic heterocycles. The summed E-state index contributed by atoms with van der Waals surface area (Å²) >= 11 is 0. The third-order valence-electron chi connectivity index (χ3n) is 2.79. The number of aryl methyl sites for hydroxylation is 1. The minimum Gasteiger partial charge on any atom is -0.474 e. The van der Waals surface area contributed by atoms with Crippen LogP contribution in [0.25, 0.3) is 0 Å². The number of carbonyl (C=O) groups is 2. The number of nitrogens with zero attached hydrogens (tertiary/aromatic N) is 1. The molecule has 1 amide bonds. The lowest BCUT2D eigenvalue weighted by atomic mass is 10.1. The monoisotopic (exact) mass is 219 g/mol. The van der Waals surface area contributed by atoms with Crippen molar-refractivity contribution < 1.29 is 14.7 Å². The van der Waals surface area contributed by atoms with Crippen molar-refractivity contribution in [3.63, 3.8) is 0 Å². The highest BCUT2D eigenvalue weighted by atomic mass is 16.4. The lowest BCUT2D eigenvalue weighted by molar-refractivity contribution is -0.148. The van der Waals surface area contributed by atoms with E-state index in [4.69, 9.17) is 5.11 Å². The fourth-order valence-corrected chi connectivity index (χ4v) is 2.02. The number of rotatable bonds is 0. The van der Waals surface area contributed by atoms with E-state index < -0.39 is 11.9 Å². The predicted octanol–water partition coefficient (Wildman–Crippen LogP) is 1.44. The second kappa shape index (κ2) is 4.35. The van der Waals surface area contributed by atoms with E-state index in [0.717, 1.165) is 30.5 Å². The van der Waals surface area contributed by atoms with Crippen LogP contribution in [0.15, 0.2) is 24.3 Å². The standard InChI is InChI=1S/C12H13NO3/c14-11(12(15)16)13-8-4-3-6-9-5-1-2-7-10(9)13/h1-2,5,7H,3-4,6,8H2,(H,15,16).